The fraction of sp³-hybridized carbons (Fsp3) is 0.621. The van der Waals surface area contributed by atoms with Crippen molar-refractivity contribution in [3.8, 4) is 0 Å². The van der Waals surface area contributed by atoms with E-state index in [0.717, 1.165) is 55.3 Å². The van der Waals surface area contributed by atoms with Gasteiger partial charge in [-0.3, -0.25) is 0 Å². The number of carbonyl (C=O) groups excluding carboxylic acids is 1. The standard InChI is InChI=1S/C29H39ClF3N5O2S/c1-5-23-14-25(15-24(6-2)38(23)28(39)40-19(3)4)37(18-20-11-21(29(31,32)33)13-22(30)12-20)27-34-16-26(17-35-27)36-7-9-41-10-8-36/h11-13,16-17,19,23-25H,5-10,14-15,18H2,1-4H3. The first kappa shape index (κ1) is 31.5. The number of thioether (sulfide) groups is 1. The summed E-state index contributed by atoms with van der Waals surface area (Å²) in [7, 11) is 0. The highest BCUT2D eigenvalue weighted by molar-refractivity contribution is 7.99. The van der Waals surface area contributed by atoms with Gasteiger partial charge >= 0.3 is 12.3 Å². The molecule has 4 rings (SSSR count). The monoisotopic (exact) mass is 613 g/mol. The topological polar surface area (TPSA) is 61.8 Å². The van der Waals surface area contributed by atoms with Gasteiger partial charge in [-0.15, -0.1) is 0 Å². The number of anilines is 2. The molecule has 0 N–H and O–H groups in total. The van der Waals surface area contributed by atoms with E-state index in [1.54, 1.807) is 18.5 Å². The van der Waals surface area contributed by atoms with Gasteiger partial charge in [0.25, 0.3) is 0 Å². The lowest BCUT2D eigenvalue weighted by Crippen LogP contribution is -2.57. The number of aromatic nitrogens is 2. The van der Waals surface area contributed by atoms with Crippen molar-refractivity contribution >= 4 is 41.1 Å². The Morgan fingerprint density at radius 2 is 1.71 bits per heavy atom. The number of benzene rings is 1. The van der Waals surface area contributed by atoms with E-state index < -0.39 is 11.7 Å². The van der Waals surface area contributed by atoms with Crippen LogP contribution in [0.15, 0.2) is 30.6 Å². The molecule has 0 aliphatic carbocycles. The fourth-order valence-electron chi connectivity index (χ4n) is 5.70. The molecule has 2 fully saturated rings. The molecule has 0 saturated carbocycles. The van der Waals surface area contributed by atoms with Crippen molar-refractivity contribution in [2.45, 2.75) is 90.3 Å². The van der Waals surface area contributed by atoms with E-state index in [9.17, 15) is 18.0 Å². The van der Waals surface area contributed by atoms with Gasteiger partial charge in [0.15, 0.2) is 0 Å². The highest BCUT2D eigenvalue weighted by atomic mass is 35.5. The normalized spacial score (nSPS) is 21.7. The summed E-state index contributed by atoms with van der Waals surface area (Å²) in [4.78, 5) is 28.6. The molecule has 2 aromatic rings. The maximum absolute atomic E-state index is 13.6. The second-order valence-electron chi connectivity index (χ2n) is 10.9. The van der Waals surface area contributed by atoms with E-state index in [-0.39, 0.29) is 41.9 Å². The number of halogens is 4. The Bertz CT molecular complexity index is 1150. The summed E-state index contributed by atoms with van der Waals surface area (Å²) in [5.74, 6) is 2.53. The first-order chi connectivity index (χ1) is 19.5. The summed E-state index contributed by atoms with van der Waals surface area (Å²) in [5, 5.41) is 0.0260. The van der Waals surface area contributed by atoms with E-state index in [4.69, 9.17) is 26.3 Å². The Kier molecular flexibility index (Phi) is 10.5. The lowest BCUT2D eigenvalue weighted by Gasteiger charge is -2.47. The van der Waals surface area contributed by atoms with Crippen LogP contribution < -0.4 is 9.80 Å². The summed E-state index contributed by atoms with van der Waals surface area (Å²) in [6.45, 7) is 9.72. The van der Waals surface area contributed by atoms with Crippen molar-refractivity contribution in [1.82, 2.24) is 14.9 Å². The third-order valence-corrected chi connectivity index (χ3v) is 8.86. The lowest BCUT2D eigenvalue weighted by atomic mass is 9.87. The van der Waals surface area contributed by atoms with E-state index in [2.05, 4.69) is 4.90 Å². The van der Waals surface area contributed by atoms with Crippen LogP contribution in [0.4, 0.5) is 29.6 Å². The molecule has 2 saturated heterocycles. The second kappa shape index (κ2) is 13.7. The molecule has 12 heteroatoms. The number of hydrogen-bond acceptors (Lipinski definition) is 7. The Hall–Kier alpha value is -2.40. The molecule has 41 heavy (non-hydrogen) atoms. The molecule has 3 heterocycles. The molecular formula is C29H39ClF3N5O2S. The Morgan fingerprint density at radius 3 is 2.24 bits per heavy atom. The van der Waals surface area contributed by atoms with Gasteiger partial charge in [0.1, 0.15) is 0 Å². The molecule has 0 radical (unpaired) electrons. The van der Waals surface area contributed by atoms with Gasteiger partial charge in [-0.2, -0.15) is 24.9 Å². The predicted molar refractivity (Wildman–Crippen MR) is 159 cm³/mol. The van der Waals surface area contributed by atoms with Crippen LogP contribution >= 0.6 is 23.4 Å². The van der Waals surface area contributed by atoms with Crippen LogP contribution in [0.3, 0.4) is 0 Å². The number of amides is 1. The number of ether oxygens (including phenoxy) is 1. The number of rotatable bonds is 8. The van der Waals surface area contributed by atoms with Gasteiger partial charge in [-0.1, -0.05) is 25.4 Å². The summed E-state index contributed by atoms with van der Waals surface area (Å²) in [6, 6.07) is 3.34. The van der Waals surface area contributed by atoms with Crippen molar-refractivity contribution in [1.29, 1.82) is 0 Å². The van der Waals surface area contributed by atoms with Crippen LogP contribution in [0, 0.1) is 0 Å². The zero-order valence-corrected chi connectivity index (χ0v) is 25.6. The number of carbonyl (C=O) groups is 1. The molecule has 7 nitrogen and oxygen atoms in total. The molecule has 2 aliphatic rings. The zero-order chi connectivity index (χ0) is 29.7. The number of nitrogens with zero attached hydrogens (tertiary/aromatic N) is 5. The van der Waals surface area contributed by atoms with Crippen molar-refractivity contribution in [2.75, 3.05) is 34.4 Å². The fourth-order valence-corrected chi connectivity index (χ4v) is 6.86. The zero-order valence-electron chi connectivity index (χ0n) is 24.0. The molecule has 2 atom stereocenters. The van der Waals surface area contributed by atoms with E-state index in [1.165, 1.54) is 0 Å². The summed E-state index contributed by atoms with van der Waals surface area (Å²) < 4.78 is 46.5. The number of likely N-dealkylation sites (tertiary alicyclic amines) is 1. The molecular weight excluding hydrogens is 575 g/mol. The summed E-state index contributed by atoms with van der Waals surface area (Å²) >= 11 is 8.07. The average Bonchev–Trinajstić information content (AvgIpc) is 2.94. The van der Waals surface area contributed by atoms with Crippen LogP contribution in [0.2, 0.25) is 5.02 Å². The van der Waals surface area contributed by atoms with Crippen LogP contribution in [-0.2, 0) is 17.5 Å². The van der Waals surface area contributed by atoms with Gasteiger partial charge in [0.05, 0.1) is 29.7 Å². The largest absolute Gasteiger partial charge is 0.447 e. The van der Waals surface area contributed by atoms with Crippen molar-refractivity contribution in [2.24, 2.45) is 0 Å². The third-order valence-electron chi connectivity index (χ3n) is 7.70. The Labute approximate surface area is 249 Å². The van der Waals surface area contributed by atoms with Gasteiger partial charge in [-0.25, -0.2) is 14.8 Å². The Balaban J connectivity index is 1.68. The van der Waals surface area contributed by atoms with Gasteiger partial charge < -0.3 is 19.4 Å². The first-order valence-electron chi connectivity index (χ1n) is 14.3. The average molecular weight is 614 g/mol. The Morgan fingerprint density at radius 1 is 1.10 bits per heavy atom. The molecule has 1 aromatic heterocycles. The number of alkyl halides is 3. The van der Waals surface area contributed by atoms with Crippen LogP contribution in [0.1, 0.15) is 64.5 Å². The molecule has 226 valence electrons. The highest BCUT2D eigenvalue weighted by Gasteiger charge is 2.41. The van der Waals surface area contributed by atoms with E-state index in [1.807, 2.05) is 49.3 Å². The lowest BCUT2D eigenvalue weighted by molar-refractivity contribution is -0.137. The summed E-state index contributed by atoms with van der Waals surface area (Å²) in [6.07, 6.45) is 1.19. The third kappa shape index (κ3) is 7.91. The van der Waals surface area contributed by atoms with Crippen LogP contribution in [0.5, 0.6) is 0 Å². The highest BCUT2D eigenvalue weighted by Crippen LogP contribution is 2.36. The van der Waals surface area contributed by atoms with E-state index in [0.29, 0.717) is 24.4 Å². The van der Waals surface area contributed by atoms with Gasteiger partial charge in [0, 0.05) is 54.3 Å². The van der Waals surface area contributed by atoms with Crippen LogP contribution in [-0.4, -0.2) is 69.8 Å². The SMILES string of the molecule is CCC1CC(N(Cc2cc(Cl)cc(C(F)(F)F)c2)c2ncc(N3CCSCC3)cn2)CC(CC)N1C(=O)OC(C)C. The first-order valence-corrected chi connectivity index (χ1v) is 15.8. The summed E-state index contributed by atoms with van der Waals surface area (Å²) in [5.41, 5.74) is 0.567. The van der Waals surface area contributed by atoms with Gasteiger partial charge in [0.2, 0.25) is 5.95 Å². The molecule has 2 unspecified atom stereocenters. The molecule has 2 aliphatic heterocycles. The second-order valence-corrected chi connectivity index (χ2v) is 12.6. The van der Waals surface area contributed by atoms with Crippen molar-refractivity contribution in [3.63, 3.8) is 0 Å². The number of hydrogen-bond donors (Lipinski definition) is 0. The minimum absolute atomic E-state index is 0.0260. The van der Waals surface area contributed by atoms with Crippen LogP contribution in [0.25, 0.3) is 0 Å². The molecule has 1 aromatic carbocycles. The quantitative estimate of drug-likeness (QED) is 0.310. The maximum Gasteiger partial charge on any atom is 0.416 e. The molecule has 1 amide bonds. The minimum Gasteiger partial charge on any atom is -0.447 e. The molecule has 0 bridgehead atoms. The van der Waals surface area contributed by atoms with Gasteiger partial charge in [-0.05, 0) is 63.3 Å². The van der Waals surface area contributed by atoms with Crippen molar-refractivity contribution < 1.29 is 22.7 Å². The maximum atomic E-state index is 13.6. The smallest absolute Gasteiger partial charge is 0.416 e. The van der Waals surface area contributed by atoms with Crippen molar-refractivity contribution in [3.05, 3.63) is 46.7 Å². The predicted octanol–water partition coefficient (Wildman–Crippen LogP) is 7.28. The number of piperidine rings is 1. The van der Waals surface area contributed by atoms with E-state index >= 15 is 0 Å². The minimum atomic E-state index is -4.52. The molecule has 0 spiro atoms.